The molecule has 0 atom stereocenters. The van der Waals surface area contributed by atoms with Crippen LogP contribution in [0.3, 0.4) is 0 Å². The topological polar surface area (TPSA) is 111 Å². The van der Waals surface area contributed by atoms with Crippen LogP contribution in [0.1, 0.15) is 11.4 Å². The van der Waals surface area contributed by atoms with Gasteiger partial charge < -0.3 is 15.0 Å². The van der Waals surface area contributed by atoms with E-state index in [0.29, 0.717) is 12.5 Å². The number of H-pyrrole nitrogens is 1. The number of aromatic nitrogens is 3. The second-order valence-electron chi connectivity index (χ2n) is 5.23. The van der Waals surface area contributed by atoms with Gasteiger partial charge in [0.05, 0.1) is 25.7 Å². The lowest BCUT2D eigenvalue weighted by atomic mass is 10.3. The van der Waals surface area contributed by atoms with Crippen LogP contribution < -0.4 is 15.4 Å². The Bertz CT molecular complexity index is 731. The van der Waals surface area contributed by atoms with Crippen LogP contribution >= 0.6 is 23.5 Å². The maximum Gasteiger partial charge on any atom is 0.204 e. The number of pyridine rings is 1. The highest BCUT2D eigenvalue weighted by molar-refractivity contribution is 7.98. The molecule has 0 aliphatic heterocycles. The first kappa shape index (κ1) is 20.9. The minimum atomic E-state index is 0.510. The van der Waals surface area contributed by atoms with Gasteiger partial charge in [0.1, 0.15) is 5.75 Å². The second-order valence-corrected chi connectivity index (χ2v) is 7.44. The van der Waals surface area contributed by atoms with E-state index in [1.54, 1.807) is 43.2 Å². The van der Waals surface area contributed by atoms with Gasteiger partial charge in [-0.3, -0.25) is 15.3 Å². The molecule has 0 unspecified atom stereocenters. The van der Waals surface area contributed by atoms with Crippen molar-refractivity contribution in [2.24, 2.45) is 4.99 Å². The molecule has 2 aromatic heterocycles. The van der Waals surface area contributed by atoms with Crippen molar-refractivity contribution in [3.8, 4) is 11.9 Å². The van der Waals surface area contributed by atoms with Gasteiger partial charge in [0.15, 0.2) is 6.19 Å². The third-order valence-corrected chi connectivity index (χ3v) is 5.30. The molecular weight excluding hydrogens is 382 g/mol. The molecule has 0 aliphatic carbocycles. The lowest BCUT2D eigenvalue weighted by Gasteiger charge is -2.08. The summed E-state index contributed by atoms with van der Waals surface area (Å²) in [5.41, 5.74) is 2.03. The number of thioether (sulfide) groups is 2. The van der Waals surface area contributed by atoms with Crippen molar-refractivity contribution in [2.45, 2.75) is 11.5 Å². The van der Waals surface area contributed by atoms with Gasteiger partial charge in [0.2, 0.25) is 5.96 Å². The first-order chi connectivity index (χ1) is 13.3. The predicted octanol–water partition coefficient (Wildman–Crippen LogP) is 2.00. The van der Waals surface area contributed by atoms with E-state index in [-0.39, 0.29) is 0 Å². The van der Waals surface area contributed by atoms with Crippen molar-refractivity contribution in [3.63, 3.8) is 0 Å². The number of nitrogens with zero attached hydrogens (tertiary/aromatic N) is 4. The van der Waals surface area contributed by atoms with Gasteiger partial charge in [-0.2, -0.15) is 28.8 Å². The Kier molecular flexibility index (Phi) is 9.99. The smallest absolute Gasteiger partial charge is 0.204 e. The predicted molar refractivity (Wildman–Crippen MR) is 111 cm³/mol. The summed E-state index contributed by atoms with van der Waals surface area (Å²) in [6.45, 7) is 1.34. The Morgan fingerprint density at radius 3 is 3.04 bits per heavy atom. The fourth-order valence-corrected chi connectivity index (χ4v) is 3.63. The maximum absolute atomic E-state index is 8.85. The number of imidazole rings is 1. The number of guanidine groups is 1. The fourth-order valence-electron chi connectivity index (χ4n) is 2.09. The Balaban J connectivity index is 1.63. The lowest BCUT2D eigenvalue weighted by molar-refractivity contribution is 0.409. The van der Waals surface area contributed by atoms with E-state index in [0.717, 1.165) is 46.7 Å². The number of hydrogen-bond acceptors (Lipinski definition) is 7. The van der Waals surface area contributed by atoms with Crippen LogP contribution in [-0.4, -0.2) is 52.6 Å². The van der Waals surface area contributed by atoms with Crippen LogP contribution in [0.4, 0.5) is 0 Å². The van der Waals surface area contributed by atoms with Crippen LogP contribution in [0, 0.1) is 11.5 Å². The summed E-state index contributed by atoms with van der Waals surface area (Å²) in [7, 11) is 1.65. The number of aromatic amines is 1. The van der Waals surface area contributed by atoms with Gasteiger partial charge in [0, 0.05) is 47.6 Å². The molecule has 2 aromatic rings. The van der Waals surface area contributed by atoms with Crippen molar-refractivity contribution in [3.05, 3.63) is 42.2 Å². The zero-order valence-corrected chi connectivity index (χ0v) is 16.8. The number of rotatable bonds is 11. The van der Waals surface area contributed by atoms with Gasteiger partial charge in [-0.05, 0) is 12.1 Å². The van der Waals surface area contributed by atoms with Crippen molar-refractivity contribution in [1.82, 2.24) is 25.6 Å². The summed E-state index contributed by atoms with van der Waals surface area (Å²) in [5.74, 6) is 4.68. The summed E-state index contributed by atoms with van der Waals surface area (Å²) in [6, 6.07) is 3.76. The SMILES string of the molecule is COc1cccnc1CSCCN=C(NC#N)NCCSCc1cnc[nH]1. The molecule has 0 saturated heterocycles. The summed E-state index contributed by atoms with van der Waals surface area (Å²) in [4.78, 5) is 15.8. The van der Waals surface area contributed by atoms with Crippen LogP contribution in [0.5, 0.6) is 5.75 Å². The van der Waals surface area contributed by atoms with Gasteiger partial charge in [-0.15, -0.1) is 0 Å². The molecule has 144 valence electrons. The van der Waals surface area contributed by atoms with Gasteiger partial charge in [0.25, 0.3) is 0 Å². The summed E-state index contributed by atoms with van der Waals surface area (Å²) < 4.78 is 5.29. The molecule has 0 fully saturated rings. The van der Waals surface area contributed by atoms with E-state index < -0.39 is 0 Å². The van der Waals surface area contributed by atoms with E-state index in [4.69, 9.17) is 10.00 Å². The largest absolute Gasteiger partial charge is 0.495 e. The molecular formula is C17H23N7OS2. The molecule has 27 heavy (non-hydrogen) atoms. The van der Waals surface area contributed by atoms with Crippen LogP contribution in [-0.2, 0) is 11.5 Å². The lowest BCUT2D eigenvalue weighted by Crippen LogP contribution is -2.36. The number of nitriles is 1. The quantitative estimate of drug-likeness (QED) is 0.171. The highest BCUT2D eigenvalue weighted by atomic mass is 32.2. The summed E-state index contributed by atoms with van der Waals surface area (Å²) in [5, 5.41) is 14.6. The highest BCUT2D eigenvalue weighted by Gasteiger charge is 2.03. The first-order valence-electron chi connectivity index (χ1n) is 8.37. The molecule has 3 N–H and O–H groups in total. The second kappa shape index (κ2) is 12.9. The standard InChI is InChI=1S/C17H23N7OS2/c1-25-16-3-2-4-20-15(16)11-27-8-6-22-17(23-12-18)21-5-7-26-10-14-9-19-13-24-14/h2-4,9,13H,5-8,10-11H2,1H3,(H,19,24)(H2,21,22,23). The summed E-state index contributed by atoms with van der Waals surface area (Å²) >= 11 is 3.51. The molecule has 0 spiro atoms. The summed E-state index contributed by atoms with van der Waals surface area (Å²) in [6.07, 6.45) is 7.18. The van der Waals surface area contributed by atoms with Crippen molar-refractivity contribution in [1.29, 1.82) is 5.26 Å². The average Bonchev–Trinajstić information content (AvgIpc) is 3.21. The number of nitrogens with one attached hydrogen (secondary N) is 3. The number of ether oxygens (including phenoxy) is 1. The van der Waals surface area contributed by atoms with E-state index in [2.05, 4.69) is 30.6 Å². The molecule has 0 aliphatic rings. The van der Waals surface area contributed by atoms with Crippen LogP contribution in [0.25, 0.3) is 0 Å². The molecule has 0 amide bonds. The van der Waals surface area contributed by atoms with E-state index in [9.17, 15) is 0 Å². The van der Waals surface area contributed by atoms with Crippen molar-refractivity contribution >= 4 is 29.5 Å². The minimum absolute atomic E-state index is 0.510. The van der Waals surface area contributed by atoms with Gasteiger partial charge >= 0.3 is 0 Å². The van der Waals surface area contributed by atoms with Crippen molar-refractivity contribution < 1.29 is 4.74 Å². The Hall–Kier alpha value is -2.38. The molecule has 10 heteroatoms. The minimum Gasteiger partial charge on any atom is -0.495 e. The van der Waals surface area contributed by atoms with E-state index >= 15 is 0 Å². The molecule has 0 saturated carbocycles. The zero-order chi connectivity index (χ0) is 19.2. The van der Waals surface area contributed by atoms with E-state index in [1.165, 1.54) is 0 Å². The Labute approximate surface area is 167 Å². The Morgan fingerprint density at radius 1 is 1.37 bits per heavy atom. The number of hydrogen-bond donors (Lipinski definition) is 3. The molecule has 2 rings (SSSR count). The number of aliphatic imine (C=N–C) groups is 1. The zero-order valence-electron chi connectivity index (χ0n) is 15.1. The highest BCUT2D eigenvalue weighted by Crippen LogP contribution is 2.20. The van der Waals surface area contributed by atoms with Gasteiger partial charge in [-0.1, -0.05) is 0 Å². The number of methoxy groups -OCH3 is 1. The monoisotopic (exact) mass is 405 g/mol. The van der Waals surface area contributed by atoms with E-state index in [1.807, 2.05) is 24.5 Å². The van der Waals surface area contributed by atoms with Crippen LogP contribution in [0.2, 0.25) is 0 Å². The molecule has 0 radical (unpaired) electrons. The Morgan fingerprint density at radius 2 is 2.26 bits per heavy atom. The third kappa shape index (κ3) is 8.23. The normalized spacial score (nSPS) is 11.0. The molecule has 2 heterocycles. The maximum atomic E-state index is 8.85. The molecule has 8 nitrogen and oxygen atoms in total. The average molecular weight is 406 g/mol. The van der Waals surface area contributed by atoms with Crippen molar-refractivity contribution in [2.75, 3.05) is 31.7 Å². The molecule has 0 aromatic carbocycles. The van der Waals surface area contributed by atoms with Gasteiger partial charge in [-0.25, -0.2) is 4.98 Å². The third-order valence-electron chi connectivity index (χ3n) is 3.34. The van der Waals surface area contributed by atoms with Crippen LogP contribution in [0.15, 0.2) is 35.8 Å². The fraction of sp³-hybridized carbons (Fsp3) is 0.412. The molecule has 0 bridgehead atoms. The first-order valence-corrected chi connectivity index (χ1v) is 10.7.